The maximum Gasteiger partial charge on any atom is 0.187 e. The van der Waals surface area contributed by atoms with Gasteiger partial charge < -0.3 is 24.3 Å². The number of hydrogen-bond donors (Lipinski definition) is 3. The molecule has 30 heavy (non-hydrogen) atoms. The molecule has 8 heteroatoms. The van der Waals surface area contributed by atoms with Crippen molar-refractivity contribution in [1.29, 1.82) is 0 Å². The van der Waals surface area contributed by atoms with E-state index in [4.69, 9.17) is 21.7 Å². The molecule has 1 aliphatic rings. The van der Waals surface area contributed by atoms with Gasteiger partial charge in [0.2, 0.25) is 0 Å². The van der Waals surface area contributed by atoms with Crippen molar-refractivity contribution in [1.82, 2.24) is 15.3 Å². The van der Waals surface area contributed by atoms with Crippen molar-refractivity contribution in [3.8, 4) is 11.4 Å². The monoisotopic (exact) mass is 430 g/mol. The van der Waals surface area contributed by atoms with Crippen molar-refractivity contribution in [2.24, 2.45) is 5.10 Å². The van der Waals surface area contributed by atoms with Crippen LogP contribution >= 0.6 is 12.2 Å². The zero-order valence-corrected chi connectivity index (χ0v) is 18.8. The molecule has 3 N–H and O–H groups in total. The Morgan fingerprint density at radius 3 is 2.70 bits per heavy atom. The summed E-state index contributed by atoms with van der Waals surface area (Å²) < 4.78 is 13.1. The second-order valence-corrected chi connectivity index (χ2v) is 7.74. The summed E-state index contributed by atoms with van der Waals surface area (Å²) in [6, 6.07) is 10.3. The van der Waals surface area contributed by atoms with Gasteiger partial charge in [0.05, 0.1) is 39.1 Å². The predicted octanol–water partition coefficient (Wildman–Crippen LogP) is 1.21. The van der Waals surface area contributed by atoms with Crippen LogP contribution in [0.2, 0.25) is 0 Å². The van der Waals surface area contributed by atoms with E-state index in [0.717, 1.165) is 67.8 Å². The van der Waals surface area contributed by atoms with Crippen LogP contribution in [0.3, 0.4) is 0 Å². The lowest BCUT2D eigenvalue weighted by Gasteiger charge is -2.23. The summed E-state index contributed by atoms with van der Waals surface area (Å²) in [5.41, 5.74) is 7.34. The van der Waals surface area contributed by atoms with Gasteiger partial charge in [-0.05, 0) is 63.3 Å². The molecule has 0 amide bonds. The fraction of sp³-hybridized carbons (Fsp3) is 0.455. The third-order valence-corrected chi connectivity index (χ3v) is 5.45. The zero-order chi connectivity index (χ0) is 21.3. The number of thiocarbonyl (C=S) groups is 1. The average Bonchev–Trinajstić information content (AvgIpc) is 3.03. The van der Waals surface area contributed by atoms with E-state index >= 15 is 0 Å². The van der Waals surface area contributed by atoms with Gasteiger partial charge in [-0.3, -0.25) is 5.43 Å². The third-order valence-electron chi connectivity index (χ3n) is 5.21. The number of aryl methyl sites for hydroxylation is 1. The molecule has 0 atom stereocenters. The number of ether oxygens (including phenoxy) is 2. The van der Waals surface area contributed by atoms with E-state index < -0.39 is 0 Å². The van der Waals surface area contributed by atoms with Crippen molar-refractivity contribution in [2.45, 2.75) is 20.8 Å². The van der Waals surface area contributed by atoms with Crippen LogP contribution in [0.25, 0.3) is 5.69 Å². The standard InChI is InChI=1S/C22H31N5O2S/c1-4-29-21-7-5-20(6-8-21)27-17(2)15-19(18(27)3)16-24-25-22(30)23-9-10-26-11-13-28-14-12-26/h5-8,15-16H,4,9-14H2,1-3H3,(H2,23,25,30)/p+1/b24-16-. The van der Waals surface area contributed by atoms with E-state index in [9.17, 15) is 0 Å². The van der Waals surface area contributed by atoms with Gasteiger partial charge in [0.1, 0.15) is 18.8 Å². The maximum atomic E-state index is 5.54. The summed E-state index contributed by atoms with van der Waals surface area (Å²) >= 11 is 5.32. The van der Waals surface area contributed by atoms with E-state index in [-0.39, 0.29) is 0 Å². The highest BCUT2D eigenvalue weighted by atomic mass is 32.1. The fourth-order valence-corrected chi connectivity index (χ4v) is 3.79. The highest BCUT2D eigenvalue weighted by Gasteiger charge is 2.13. The lowest BCUT2D eigenvalue weighted by Crippen LogP contribution is -3.14. The van der Waals surface area contributed by atoms with Crippen molar-refractivity contribution in [3.63, 3.8) is 0 Å². The molecule has 1 aliphatic heterocycles. The van der Waals surface area contributed by atoms with E-state index in [1.165, 1.54) is 0 Å². The number of nitrogens with zero attached hydrogens (tertiary/aromatic N) is 2. The first-order valence-electron chi connectivity index (χ1n) is 10.5. The van der Waals surface area contributed by atoms with Crippen LogP contribution in [0.15, 0.2) is 35.4 Å². The summed E-state index contributed by atoms with van der Waals surface area (Å²) in [4.78, 5) is 1.54. The van der Waals surface area contributed by atoms with Crippen molar-refractivity contribution < 1.29 is 14.4 Å². The molecule has 0 aliphatic carbocycles. The topological polar surface area (TPSA) is 64.2 Å². The molecule has 1 aromatic carbocycles. The average molecular weight is 431 g/mol. The summed E-state index contributed by atoms with van der Waals surface area (Å²) in [6.45, 7) is 12.5. The first kappa shape index (κ1) is 22.3. The molecule has 2 aromatic rings. The molecule has 7 nitrogen and oxygen atoms in total. The molecule has 0 bridgehead atoms. The van der Waals surface area contributed by atoms with Crippen molar-refractivity contribution in [3.05, 3.63) is 47.3 Å². The molecule has 0 radical (unpaired) electrons. The summed E-state index contributed by atoms with van der Waals surface area (Å²) in [6.07, 6.45) is 1.81. The number of morpholine rings is 1. The molecular formula is C22H32N5O2S+. The number of aromatic nitrogens is 1. The number of benzene rings is 1. The van der Waals surface area contributed by atoms with Gasteiger partial charge in [-0.25, -0.2) is 0 Å². The minimum absolute atomic E-state index is 0.541. The van der Waals surface area contributed by atoms with Crippen LogP contribution in [0.5, 0.6) is 5.75 Å². The summed E-state index contributed by atoms with van der Waals surface area (Å²) in [5, 5.41) is 8.07. The maximum absolute atomic E-state index is 5.54. The Labute approximate surface area is 184 Å². The van der Waals surface area contributed by atoms with Crippen LogP contribution in [0.4, 0.5) is 0 Å². The second kappa shape index (κ2) is 11.1. The highest BCUT2D eigenvalue weighted by molar-refractivity contribution is 7.80. The molecule has 2 heterocycles. The highest BCUT2D eigenvalue weighted by Crippen LogP contribution is 2.22. The van der Waals surface area contributed by atoms with E-state index in [1.54, 1.807) is 4.90 Å². The smallest absolute Gasteiger partial charge is 0.187 e. The van der Waals surface area contributed by atoms with Gasteiger partial charge in [0.25, 0.3) is 0 Å². The Morgan fingerprint density at radius 1 is 1.27 bits per heavy atom. The quantitative estimate of drug-likeness (QED) is 0.334. The Hall–Kier alpha value is -2.42. The Morgan fingerprint density at radius 2 is 2.00 bits per heavy atom. The van der Waals surface area contributed by atoms with Gasteiger partial charge >= 0.3 is 0 Å². The number of hydrazone groups is 1. The van der Waals surface area contributed by atoms with Gasteiger partial charge in [-0.2, -0.15) is 5.10 Å². The normalized spacial score (nSPS) is 14.8. The lowest BCUT2D eigenvalue weighted by atomic mass is 10.2. The van der Waals surface area contributed by atoms with Crippen molar-refractivity contribution >= 4 is 23.5 Å². The van der Waals surface area contributed by atoms with E-state index in [1.807, 2.05) is 25.3 Å². The van der Waals surface area contributed by atoms with Gasteiger partial charge in [0.15, 0.2) is 5.11 Å². The van der Waals surface area contributed by atoms with Crippen LogP contribution in [0, 0.1) is 13.8 Å². The Balaban J connectivity index is 1.53. The molecule has 0 saturated carbocycles. The summed E-state index contributed by atoms with van der Waals surface area (Å²) in [5.74, 6) is 0.880. The number of nitrogens with one attached hydrogen (secondary N) is 3. The van der Waals surface area contributed by atoms with Crippen LogP contribution in [-0.4, -0.2) is 61.9 Å². The molecule has 162 valence electrons. The van der Waals surface area contributed by atoms with Gasteiger partial charge in [-0.15, -0.1) is 0 Å². The first-order valence-corrected chi connectivity index (χ1v) is 10.9. The first-order chi connectivity index (χ1) is 14.6. The molecule has 0 unspecified atom stereocenters. The molecule has 1 aromatic heterocycles. The Kier molecular flexibility index (Phi) is 8.24. The van der Waals surface area contributed by atoms with Gasteiger partial charge in [-0.1, -0.05) is 0 Å². The van der Waals surface area contributed by atoms with Crippen LogP contribution in [0.1, 0.15) is 23.9 Å². The lowest BCUT2D eigenvalue weighted by molar-refractivity contribution is -0.906. The summed E-state index contributed by atoms with van der Waals surface area (Å²) in [7, 11) is 0. The Bertz CT molecular complexity index is 857. The van der Waals surface area contributed by atoms with Crippen LogP contribution in [-0.2, 0) is 4.74 Å². The van der Waals surface area contributed by atoms with Crippen LogP contribution < -0.4 is 20.4 Å². The number of hydrogen-bond acceptors (Lipinski definition) is 4. The second-order valence-electron chi connectivity index (χ2n) is 7.33. The minimum Gasteiger partial charge on any atom is -0.494 e. The molecule has 0 spiro atoms. The molecule has 3 rings (SSSR count). The van der Waals surface area contributed by atoms with Gasteiger partial charge in [0, 0.05) is 22.6 Å². The predicted molar refractivity (Wildman–Crippen MR) is 124 cm³/mol. The zero-order valence-electron chi connectivity index (χ0n) is 18.0. The largest absolute Gasteiger partial charge is 0.494 e. The van der Waals surface area contributed by atoms with Crippen molar-refractivity contribution in [2.75, 3.05) is 46.0 Å². The molecule has 1 fully saturated rings. The SMILES string of the molecule is CCOc1ccc(-n2c(C)cc(/C=N\NC(=S)NCC[NH+]3CCOCC3)c2C)cc1. The number of quaternary nitrogens is 1. The molecular weight excluding hydrogens is 398 g/mol. The molecule has 1 saturated heterocycles. The van der Waals surface area contributed by atoms with E-state index in [2.05, 4.69) is 52.5 Å². The number of rotatable bonds is 8. The third kappa shape index (κ3) is 6.04. The fourth-order valence-electron chi connectivity index (χ4n) is 3.64. The minimum atomic E-state index is 0.541. The van der Waals surface area contributed by atoms with E-state index in [0.29, 0.717) is 11.7 Å².